The first-order valence-corrected chi connectivity index (χ1v) is 7.10. The molecule has 122 valence electrons. The Labute approximate surface area is 133 Å². The molecule has 1 aromatic carbocycles. The van der Waals surface area contributed by atoms with Crippen LogP contribution in [0, 0.1) is 0 Å². The smallest absolute Gasteiger partial charge is 0.339 e. The summed E-state index contributed by atoms with van der Waals surface area (Å²) in [7, 11) is 1.64. The highest BCUT2D eigenvalue weighted by Crippen LogP contribution is 2.28. The molecule has 0 aliphatic carbocycles. The molecular formula is C17H18O6. The van der Waals surface area contributed by atoms with E-state index in [0.29, 0.717) is 12.4 Å². The predicted octanol–water partition coefficient (Wildman–Crippen LogP) is 3.76. The molecule has 0 unspecified atom stereocenters. The average Bonchev–Trinajstić information content (AvgIpc) is 3.16. The highest BCUT2D eigenvalue weighted by atomic mass is 16.5. The first-order chi connectivity index (χ1) is 11.0. The molecule has 0 aliphatic rings. The van der Waals surface area contributed by atoms with Crippen molar-refractivity contribution in [2.45, 2.75) is 13.3 Å². The van der Waals surface area contributed by atoms with Crippen molar-refractivity contribution >= 4 is 17.1 Å². The molecule has 0 amide bonds. The Morgan fingerprint density at radius 2 is 2.00 bits per heavy atom. The number of fused-ring (bicyclic) bond motifs is 2. The van der Waals surface area contributed by atoms with Crippen LogP contribution < -0.4 is 9.47 Å². The normalized spacial score (nSPS) is 10.2. The van der Waals surface area contributed by atoms with Gasteiger partial charge in [0.25, 0.3) is 0 Å². The molecule has 6 nitrogen and oxygen atoms in total. The molecule has 6 heteroatoms. The number of hydrogen-bond donors (Lipinski definition) is 2. The molecule has 3 aromatic rings. The van der Waals surface area contributed by atoms with Crippen LogP contribution in [-0.4, -0.2) is 29.9 Å². The topological polar surface area (TPSA) is 89.1 Å². The van der Waals surface area contributed by atoms with Crippen LogP contribution in [0.3, 0.4) is 0 Å². The van der Waals surface area contributed by atoms with Crippen LogP contribution in [0.2, 0.25) is 0 Å². The molecule has 0 aliphatic heterocycles. The Balaban J connectivity index is 0.000000182. The van der Waals surface area contributed by atoms with E-state index < -0.39 is 5.97 Å². The van der Waals surface area contributed by atoms with Crippen molar-refractivity contribution in [3.05, 3.63) is 42.0 Å². The van der Waals surface area contributed by atoms with Gasteiger partial charge in [-0.1, -0.05) is 6.92 Å². The van der Waals surface area contributed by atoms with Gasteiger partial charge in [-0.05, 0) is 30.7 Å². The summed E-state index contributed by atoms with van der Waals surface area (Å²) in [4.78, 5) is 10.5. The van der Waals surface area contributed by atoms with E-state index in [1.54, 1.807) is 7.11 Å². The number of rotatable bonds is 5. The maximum absolute atomic E-state index is 10.5. The Bertz CT molecular complexity index is 761. The Kier molecular flexibility index (Phi) is 5.30. The van der Waals surface area contributed by atoms with Crippen molar-refractivity contribution in [2.75, 3.05) is 13.7 Å². The van der Waals surface area contributed by atoms with Crippen molar-refractivity contribution < 1.29 is 28.9 Å². The van der Waals surface area contributed by atoms with E-state index in [9.17, 15) is 9.90 Å². The van der Waals surface area contributed by atoms with Crippen molar-refractivity contribution in [2.24, 2.45) is 0 Å². The molecule has 2 heterocycles. The molecule has 0 saturated heterocycles. The van der Waals surface area contributed by atoms with Gasteiger partial charge < -0.3 is 24.1 Å². The fourth-order valence-corrected chi connectivity index (χ4v) is 1.92. The quantitative estimate of drug-likeness (QED) is 0.744. The third-order valence-corrected chi connectivity index (χ3v) is 3.04. The predicted molar refractivity (Wildman–Crippen MR) is 84.8 cm³/mol. The number of ether oxygens (including phenoxy) is 2. The summed E-state index contributed by atoms with van der Waals surface area (Å²) in [5.74, 6) is -0.113. The second kappa shape index (κ2) is 7.40. The molecule has 0 atom stereocenters. The number of carbonyl (C=O) groups is 1. The van der Waals surface area contributed by atoms with Gasteiger partial charge in [0.15, 0.2) is 11.3 Å². The molecule has 0 radical (unpaired) electrons. The summed E-state index contributed by atoms with van der Waals surface area (Å²) in [6.45, 7) is 2.51. The lowest BCUT2D eigenvalue weighted by molar-refractivity contribution is 0.0693. The van der Waals surface area contributed by atoms with E-state index in [0.717, 1.165) is 23.3 Å². The van der Waals surface area contributed by atoms with Crippen molar-refractivity contribution in [1.82, 2.24) is 0 Å². The summed E-state index contributed by atoms with van der Waals surface area (Å²) in [5.41, 5.74) is 1.59. The number of furan rings is 2. The fraction of sp³-hybridized carbons (Fsp3) is 0.235. The van der Waals surface area contributed by atoms with Gasteiger partial charge in [-0.25, -0.2) is 4.79 Å². The molecule has 23 heavy (non-hydrogen) atoms. The molecule has 0 spiro atoms. The Hall–Kier alpha value is -2.89. The van der Waals surface area contributed by atoms with Crippen LogP contribution in [0.25, 0.3) is 11.2 Å². The van der Waals surface area contributed by atoms with E-state index in [4.69, 9.17) is 19.0 Å². The number of hydrogen-bond acceptors (Lipinski definition) is 5. The molecule has 2 bridgehead atoms. The minimum atomic E-state index is -1.15. The second-order valence-corrected chi connectivity index (χ2v) is 4.75. The van der Waals surface area contributed by atoms with Gasteiger partial charge in [0, 0.05) is 12.1 Å². The van der Waals surface area contributed by atoms with Gasteiger partial charge in [-0.15, -0.1) is 0 Å². The van der Waals surface area contributed by atoms with Crippen LogP contribution >= 0.6 is 0 Å². The highest BCUT2D eigenvalue weighted by Gasteiger charge is 2.09. The third kappa shape index (κ3) is 4.06. The van der Waals surface area contributed by atoms with Gasteiger partial charge in [-0.3, -0.25) is 0 Å². The summed E-state index contributed by atoms with van der Waals surface area (Å²) in [6, 6.07) is 9.84. The second-order valence-electron chi connectivity index (χ2n) is 4.75. The SMILES string of the molecule is CCCOc1ccc(C(=O)O)c(O)c1.COc1cc2ccc1o2. The molecule has 0 fully saturated rings. The molecule has 2 N–H and O–H groups in total. The third-order valence-electron chi connectivity index (χ3n) is 3.04. The molecule has 3 rings (SSSR count). The minimum absolute atomic E-state index is 0.117. The zero-order chi connectivity index (χ0) is 16.8. The molecule has 2 aromatic heterocycles. The lowest BCUT2D eigenvalue weighted by Crippen LogP contribution is -1.98. The van der Waals surface area contributed by atoms with E-state index in [-0.39, 0.29) is 11.3 Å². The summed E-state index contributed by atoms with van der Waals surface area (Å²) >= 11 is 0. The molecular weight excluding hydrogens is 300 g/mol. The van der Waals surface area contributed by atoms with Gasteiger partial charge in [0.2, 0.25) is 0 Å². The first-order valence-electron chi connectivity index (χ1n) is 7.10. The summed E-state index contributed by atoms with van der Waals surface area (Å²) in [6.07, 6.45) is 0.863. The summed E-state index contributed by atoms with van der Waals surface area (Å²) in [5, 5.41) is 17.9. The van der Waals surface area contributed by atoms with Gasteiger partial charge in [-0.2, -0.15) is 0 Å². The van der Waals surface area contributed by atoms with Crippen molar-refractivity contribution in [1.29, 1.82) is 0 Å². The number of carboxylic acid groups (broad SMARTS) is 1. The maximum Gasteiger partial charge on any atom is 0.339 e. The van der Waals surface area contributed by atoms with Crippen molar-refractivity contribution in [3.8, 4) is 17.2 Å². The van der Waals surface area contributed by atoms with Gasteiger partial charge in [0.05, 0.1) is 13.7 Å². The summed E-state index contributed by atoms with van der Waals surface area (Å²) < 4.78 is 15.4. The zero-order valence-corrected chi connectivity index (χ0v) is 12.9. The van der Waals surface area contributed by atoms with Crippen LogP contribution in [0.4, 0.5) is 0 Å². The zero-order valence-electron chi connectivity index (χ0n) is 12.9. The number of benzene rings is 2. The van der Waals surface area contributed by atoms with E-state index in [1.165, 1.54) is 18.2 Å². The maximum atomic E-state index is 10.5. The van der Waals surface area contributed by atoms with E-state index in [2.05, 4.69) is 0 Å². The Morgan fingerprint density at radius 3 is 2.43 bits per heavy atom. The van der Waals surface area contributed by atoms with Crippen molar-refractivity contribution in [3.63, 3.8) is 0 Å². The lowest BCUT2D eigenvalue weighted by atomic mass is 10.2. The van der Waals surface area contributed by atoms with Crippen LogP contribution in [-0.2, 0) is 0 Å². The Morgan fingerprint density at radius 1 is 1.22 bits per heavy atom. The number of methoxy groups -OCH3 is 1. The van der Waals surface area contributed by atoms with Crippen LogP contribution in [0.15, 0.2) is 40.8 Å². The van der Waals surface area contributed by atoms with Gasteiger partial charge in [0.1, 0.15) is 22.6 Å². The number of aromatic hydroxyl groups is 1. The molecule has 0 saturated carbocycles. The van der Waals surface area contributed by atoms with E-state index in [1.807, 2.05) is 25.1 Å². The monoisotopic (exact) mass is 318 g/mol. The standard InChI is InChI=1S/C10H12O4.C7H6O2/c1-2-5-14-7-3-4-8(10(12)13)9(11)6-7;1-8-7-4-5-2-3-6(7)9-5/h3-4,6,11H,2,5H2,1H3,(H,12,13);2-4H,1H3. The average molecular weight is 318 g/mol. The van der Waals surface area contributed by atoms with Crippen LogP contribution in [0.1, 0.15) is 23.7 Å². The largest absolute Gasteiger partial charge is 0.507 e. The minimum Gasteiger partial charge on any atom is -0.507 e. The van der Waals surface area contributed by atoms with E-state index >= 15 is 0 Å². The number of aromatic carboxylic acids is 1. The fourth-order valence-electron chi connectivity index (χ4n) is 1.92. The number of carboxylic acids is 1. The number of phenols is 1. The lowest BCUT2D eigenvalue weighted by Gasteiger charge is -2.05. The first kappa shape index (κ1) is 16.5. The van der Waals surface area contributed by atoms with Crippen LogP contribution in [0.5, 0.6) is 17.2 Å². The highest BCUT2D eigenvalue weighted by molar-refractivity contribution is 5.90. The van der Waals surface area contributed by atoms with Gasteiger partial charge >= 0.3 is 5.97 Å².